The van der Waals surface area contributed by atoms with Gasteiger partial charge in [0.2, 0.25) is 10.0 Å². The summed E-state index contributed by atoms with van der Waals surface area (Å²) in [4.78, 5) is 0.118. The van der Waals surface area contributed by atoms with Crippen LogP contribution in [0.1, 0.15) is 11.3 Å². The number of nitrogens with one attached hydrogen (secondary N) is 1. The minimum absolute atomic E-state index is 0.118. The summed E-state index contributed by atoms with van der Waals surface area (Å²) in [5.41, 5.74) is 0.606. The highest BCUT2D eigenvalue weighted by Gasteiger charge is 2.40. The molecule has 0 amide bonds. The standard InChI is InChI=1S/C25H21BrNO3PS/c26-21-12-10-11-20(19-21)25(27-32(29,30)24-17-8-3-9-18-24)31(28,22-13-4-1-5-14-22)23-15-6-2-7-16-23/h1-19,25,27H/t25-/m0/s1. The lowest BCUT2D eigenvalue weighted by Crippen LogP contribution is -2.34. The molecule has 0 saturated carbocycles. The van der Waals surface area contributed by atoms with E-state index in [9.17, 15) is 13.0 Å². The molecule has 1 N–H and O–H groups in total. The largest absolute Gasteiger partial charge is 0.312 e. The van der Waals surface area contributed by atoms with Crippen molar-refractivity contribution in [3.63, 3.8) is 0 Å². The summed E-state index contributed by atoms with van der Waals surface area (Å²) in [5.74, 6) is -1.00. The Morgan fingerprint density at radius 3 is 1.69 bits per heavy atom. The number of sulfonamides is 1. The van der Waals surface area contributed by atoms with Crippen LogP contribution in [0.2, 0.25) is 0 Å². The SMILES string of the molecule is O=P(c1ccccc1)(c1ccccc1)[C@H](NS(=O)(=O)c1ccccc1)c1cccc(Br)c1. The molecule has 0 unspecified atom stereocenters. The van der Waals surface area contributed by atoms with Crippen LogP contribution in [0.4, 0.5) is 0 Å². The van der Waals surface area contributed by atoms with E-state index in [2.05, 4.69) is 20.7 Å². The number of hydrogen-bond acceptors (Lipinski definition) is 3. The number of hydrogen-bond donors (Lipinski definition) is 1. The molecule has 4 nitrogen and oxygen atoms in total. The fraction of sp³-hybridized carbons (Fsp3) is 0.0400. The van der Waals surface area contributed by atoms with Gasteiger partial charge >= 0.3 is 0 Å². The molecule has 162 valence electrons. The second-order valence-corrected chi connectivity index (χ2v) is 12.7. The summed E-state index contributed by atoms with van der Waals surface area (Å²) >= 11 is 3.47. The summed E-state index contributed by atoms with van der Waals surface area (Å²) in [7, 11) is -7.46. The van der Waals surface area contributed by atoms with Crippen LogP contribution in [0, 0.1) is 0 Å². The second-order valence-electron chi connectivity index (χ2n) is 7.22. The van der Waals surface area contributed by atoms with E-state index in [1.54, 1.807) is 54.6 Å². The smallest absolute Gasteiger partial charge is 0.241 e. The van der Waals surface area contributed by atoms with Gasteiger partial charge in [0, 0.05) is 15.1 Å². The molecule has 0 radical (unpaired) electrons. The third-order valence-electron chi connectivity index (χ3n) is 5.13. The van der Waals surface area contributed by atoms with Crippen LogP contribution >= 0.6 is 23.1 Å². The van der Waals surface area contributed by atoms with Crippen molar-refractivity contribution in [1.82, 2.24) is 4.72 Å². The first-order chi connectivity index (χ1) is 15.4. The molecule has 0 aliphatic heterocycles. The van der Waals surface area contributed by atoms with Crippen molar-refractivity contribution in [2.24, 2.45) is 0 Å². The van der Waals surface area contributed by atoms with E-state index in [0.29, 0.717) is 16.2 Å². The maximum atomic E-state index is 15.0. The van der Waals surface area contributed by atoms with Crippen LogP contribution < -0.4 is 15.3 Å². The predicted octanol–water partition coefficient (Wildman–Crippen LogP) is 5.44. The van der Waals surface area contributed by atoms with Crippen molar-refractivity contribution in [3.8, 4) is 0 Å². The van der Waals surface area contributed by atoms with E-state index in [0.717, 1.165) is 4.47 Å². The van der Waals surface area contributed by atoms with E-state index in [1.165, 1.54) is 12.1 Å². The van der Waals surface area contributed by atoms with Gasteiger partial charge in [0.15, 0.2) is 7.14 Å². The average Bonchev–Trinajstić information content (AvgIpc) is 2.84. The molecule has 0 fully saturated rings. The summed E-state index contributed by atoms with van der Waals surface area (Å²) in [6.45, 7) is 0. The first-order valence-corrected chi connectivity index (χ1v) is 14.0. The highest BCUT2D eigenvalue weighted by atomic mass is 79.9. The molecule has 0 saturated heterocycles. The van der Waals surface area contributed by atoms with Gasteiger partial charge in [-0.3, -0.25) is 0 Å². The van der Waals surface area contributed by atoms with Crippen molar-refractivity contribution in [1.29, 1.82) is 0 Å². The normalized spacial score (nSPS) is 12.9. The zero-order valence-electron chi connectivity index (χ0n) is 17.0. The molecular weight excluding hydrogens is 505 g/mol. The lowest BCUT2D eigenvalue weighted by Gasteiger charge is -2.30. The summed E-state index contributed by atoms with van der Waals surface area (Å²) in [6.07, 6.45) is 0. The van der Waals surface area contributed by atoms with Crippen LogP contribution in [0.25, 0.3) is 0 Å². The Morgan fingerprint density at radius 1 is 0.688 bits per heavy atom. The molecule has 32 heavy (non-hydrogen) atoms. The van der Waals surface area contributed by atoms with Gasteiger partial charge in [-0.05, 0) is 29.8 Å². The van der Waals surface area contributed by atoms with E-state index >= 15 is 0 Å². The van der Waals surface area contributed by atoms with Crippen LogP contribution in [-0.2, 0) is 14.6 Å². The van der Waals surface area contributed by atoms with Crippen LogP contribution in [0.15, 0.2) is 125 Å². The van der Waals surface area contributed by atoms with Crippen LogP contribution in [0.5, 0.6) is 0 Å². The molecule has 0 bridgehead atoms. The number of benzene rings is 4. The lowest BCUT2D eigenvalue weighted by atomic mass is 10.2. The third-order valence-corrected chi connectivity index (χ3v) is 10.5. The Morgan fingerprint density at radius 2 is 1.19 bits per heavy atom. The second kappa shape index (κ2) is 9.55. The van der Waals surface area contributed by atoms with Gasteiger partial charge in [0.25, 0.3) is 0 Å². The van der Waals surface area contributed by atoms with Gasteiger partial charge in [-0.25, -0.2) is 8.42 Å². The highest BCUT2D eigenvalue weighted by Crippen LogP contribution is 2.56. The predicted molar refractivity (Wildman–Crippen MR) is 133 cm³/mol. The molecule has 4 aromatic carbocycles. The first kappa shape index (κ1) is 22.7. The van der Waals surface area contributed by atoms with Gasteiger partial charge in [0.05, 0.1) is 4.90 Å². The van der Waals surface area contributed by atoms with Crippen LogP contribution in [-0.4, -0.2) is 8.42 Å². The summed E-state index contributed by atoms with van der Waals surface area (Å²) in [6, 6.07) is 33.5. The Bertz CT molecular complexity index is 1300. The molecule has 0 heterocycles. The van der Waals surface area contributed by atoms with Gasteiger partial charge in [-0.15, -0.1) is 0 Å². The fourth-order valence-corrected chi connectivity index (χ4v) is 8.80. The Hall–Kier alpha value is -2.50. The quantitative estimate of drug-likeness (QED) is 0.327. The molecular formula is C25H21BrNO3PS. The van der Waals surface area contributed by atoms with E-state index in [4.69, 9.17) is 0 Å². The van der Waals surface area contributed by atoms with Crippen LogP contribution in [0.3, 0.4) is 0 Å². The first-order valence-electron chi connectivity index (χ1n) is 9.95. The average molecular weight is 526 g/mol. The van der Waals surface area contributed by atoms with Crippen molar-refractivity contribution in [3.05, 3.63) is 125 Å². The van der Waals surface area contributed by atoms with Gasteiger partial charge in [-0.1, -0.05) is 107 Å². The molecule has 0 aliphatic carbocycles. The highest BCUT2D eigenvalue weighted by molar-refractivity contribution is 9.10. The number of rotatable bonds is 7. The van der Waals surface area contributed by atoms with E-state index in [-0.39, 0.29) is 4.90 Å². The Labute approximate surface area is 196 Å². The fourth-order valence-electron chi connectivity index (χ4n) is 3.59. The maximum Gasteiger partial charge on any atom is 0.241 e. The van der Waals surface area contributed by atoms with E-state index in [1.807, 2.05) is 48.5 Å². The molecule has 4 rings (SSSR count). The third kappa shape index (κ3) is 4.64. The Kier molecular flexibility index (Phi) is 6.77. The Balaban J connectivity index is 1.96. The summed E-state index contributed by atoms with van der Waals surface area (Å²) in [5, 5.41) is 1.15. The molecule has 0 spiro atoms. The van der Waals surface area contributed by atoms with Gasteiger partial charge in [-0.2, -0.15) is 4.72 Å². The molecule has 1 atom stereocenters. The lowest BCUT2D eigenvalue weighted by molar-refractivity contribution is 0.560. The number of halogens is 1. The van der Waals surface area contributed by atoms with Gasteiger partial charge < -0.3 is 4.57 Å². The molecule has 0 aliphatic rings. The van der Waals surface area contributed by atoms with E-state index < -0.39 is 22.9 Å². The van der Waals surface area contributed by atoms with Crippen molar-refractivity contribution >= 4 is 43.7 Å². The molecule has 4 aromatic rings. The zero-order chi connectivity index (χ0) is 22.6. The molecule has 7 heteroatoms. The molecule has 0 aromatic heterocycles. The van der Waals surface area contributed by atoms with Crippen molar-refractivity contribution in [2.45, 2.75) is 10.7 Å². The summed E-state index contributed by atoms with van der Waals surface area (Å²) < 4.78 is 45.3. The minimum Gasteiger partial charge on any atom is -0.312 e. The van der Waals surface area contributed by atoms with Crippen molar-refractivity contribution < 1.29 is 13.0 Å². The van der Waals surface area contributed by atoms with Gasteiger partial charge in [0.1, 0.15) is 5.78 Å². The zero-order valence-corrected chi connectivity index (χ0v) is 20.3. The van der Waals surface area contributed by atoms with Crippen molar-refractivity contribution in [2.75, 3.05) is 0 Å². The minimum atomic E-state index is -3.96. The maximum absolute atomic E-state index is 15.0. The topological polar surface area (TPSA) is 63.2 Å². The monoisotopic (exact) mass is 525 g/mol.